The van der Waals surface area contributed by atoms with Gasteiger partial charge in [-0.3, -0.25) is 0 Å². The minimum absolute atomic E-state index is 1.03. The molecule has 1 aromatic rings. The van der Waals surface area contributed by atoms with Gasteiger partial charge < -0.3 is 4.57 Å². The molecule has 1 heteroatoms. The summed E-state index contributed by atoms with van der Waals surface area (Å²) in [6, 6.07) is 4.44. The van der Waals surface area contributed by atoms with Crippen LogP contribution in [0, 0.1) is 19.8 Å². The molecule has 0 saturated heterocycles. The van der Waals surface area contributed by atoms with Gasteiger partial charge in [0, 0.05) is 17.9 Å². The molecule has 0 unspecified atom stereocenters. The van der Waals surface area contributed by atoms with Crippen LogP contribution in [0.25, 0.3) is 0 Å². The van der Waals surface area contributed by atoms with E-state index in [2.05, 4.69) is 30.5 Å². The van der Waals surface area contributed by atoms with Crippen LogP contribution in [0.1, 0.15) is 37.1 Å². The van der Waals surface area contributed by atoms with Gasteiger partial charge in [0.1, 0.15) is 0 Å². The van der Waals surface area contributed by atoms with Gasteiger partial charge in [0.05, 0.1) is 0 Å². The Balaban J connectivity index is 1.92. The molecular weight excluding hydrogens is 158 g/mol. The zero-order valence-electron chi connectivity index (χ0n) is 8.71. The molecule has 1 aliphatic carbocycles. The molecule has 2 rings (SSSR count). The fourth-order valence-corrected chi connectivity index (χ4v) is 2.15. The summed E-state index contributed by atoms with van der Waals surface area (Å²) in [4.78, 5) is 0. The van der Waals surface area contributed by atoms with Crippen molar-refractivity contribution in [1.82, 2.24) is 4.57 Å². The Morgan fingerprint density at radius 2 is 1.85 bits per heavy atom. The van der Waals surface area contributed by atoms with Crippen LogP contribution in [0.5, 0.6) is 0 Å². The summed E-state index contributed by atoms with van der Waals surface area (Å²) in [5.74, 6) is 1.03. The van der Waals surface area contributed by atoms with Gasteiger partial charge >= 0.3 is 0 Å². The molecule has 1 fully saturated rings. The maximum absolute atomic E-state index is 2.44. The summed E-state index contributed by atoms with van der Waals surface area (Å²) in [5.41, 5.74) is 2.83. The number of aryl methyl sites for hydroxylation is 2. The number of hydrogen-bond donors (Lipinski definition) is 0. The lowest BCUT2D eigenvalue weighted by atomic mass is 9.83. The molecule has 0 N–H and O–H groups in total. The molecule has 1 nitrogen and oxygen atoms in total. The molecule has 0 aromatic carbocycles. The first-order chi connectivity index (χ1) is 6.27. The van der Waals surface area contributed by atoms with E-state index in [0.717, 1.165) is 5.92 Å². The van der Waals surface area contributed by atoms with Gasteiger partial charge in [0.2, 0.25) is 0 Å². The van der Waals surface area contributed by atoms with E-state index in [0.29, 0.717) is 0 Å². The zero-order chi connectivity index (χ0) is 9.26. The summed E-state index contributed by atoms with van der Waals surface area (Å²) >= 11 is 0. The van der Waals surface area contributed by atoms with Gasteiger partial charge in [0.15, 0.2) is 0 Å². The van der Waals surface area contributed by atoms with Gasteiger partial charge in [-0.1, -0.05) is 19.3 Å². The molecule has 0 amide bonds. The molecular formula is C12H19N. The maximum atomic E-state index is 2.44. The molecule has 0 radical (unpaired) electrons. The summed E-state index contributed by atoms with van der Waals surface area (Å²) in [6.45, 7) is 5.64. The van der Waals surface area contributed by atoms with Crippen molar-refractivity contribution in [1.29, 1.82) is 0 Å². The van der Waals surface area contributed by atoms with Crippen LogP contribution in [0.2, 0.25) is 0 Å². The fraction of sp³-hybridized carbons (Fsp3) is 0.667. The summed E-state index contributed by atoms with van der Waals surface area (Å²) < 4.78 is 2.44. The highest BCUT2D eigenvalue weighted by Gasteiger charge is 2.17. The van der Waals surface area contributed by atoms with E-state index < -0.39 is 0 Å². The van der Waals surface area contributed by atoms with E-state index in [1.165, 1.54) is 43.6 Å². The Kier molecular flexibility index (Phi) is 2.43. The third-order valence-corrected chi connectivity index (χ3v) is 3.40. The van der Waals surface area contributed by atoms with Gasteiger partial charge in [-0.15, -0.1) is 0 Å². The van der Waals surface area contributed by atoms with E-state index in [4.69, 9.17) is 0 Å². The summed E-state index contributed by atoms with van der Waals surface area (Å²) in [5, 5.41) is 0. The fourth-order valence-electron chi connectivity index (χ4n) is 2.15. The van der Waals surface area contributed by atoms with Crippen LogP contribution in [0.15, 0.2) is 12.1 Å². The Bertz CT molecular complexity index is 262. The van der Waals surface area contributed by atoms with E-state index in [1.54, 1.807) is 0 Å². The van der Waals surface area contributed by atoms with E-state index in [9.17, 15) is 0 Å². The minimum atomic E-state index is 1.03. The first-order valence-electron chi connectivity index (χ1n) is 5.40. The number of nitrogens with zero attached hydrogens (tertiary/aromatic N) is 1. The monoisotopic (exact) mass is 177 g/mol. The highest BCUT2D eigenvalue weighted by Crippen LogP contribution is 2.30. The minimum Gasteiger partial charge on any atom is -0.349 e. The molecule has 72 valence electrons. The van der Waals surface area contributed by atoms with Crippen molar-refractivity contribution in [2.24, 2.45) is 5.92 Å². The second-order valence-electron chi connectivity index (χ2n) is 4.35. The van der Waals surface area contributed by atoms with Gasteiger partial charge in [0.25, 0.3) is 0 Å². The lowest BCUT2D eigenvalue weighted by Crippen LogP contribution is -2.14. The molecule has 1 aromatic heterocycles. The molecule has 0 bridgehead atoms. The van der Waals surface area contributed by atoms with Crippen LogP contribution in [0.4, 0.5) is 0 Å². The molecule has 1 saturated carbocycles. The average molecular weight is 177 g/mol. The van der Waals surface area contributed by atoms with E-state index in [-0.39, 0.29) is 0 Å². The predicted octanol–water partition coefficient (Wildman–Crippen LogP) is 3.30. The molecule has 0 spiro atoms. The van der Waals surface area contributed by atoms with Crippen molar-refractivity contribution in [2.45, 2.75) is 46.1 Å². The average Bonchev–Trinajstić information content (AvgIpc) is 2.32. The van der Waals surface area contributed by atoms with Crippen molar-refractivity contribution >= 4 is 0 Å². The third-order valence-electron chi connectivity index (χ3n) is 3.40. The zero-order valence-corrected chi connectivity index (χ0v) is 8.71. The van der Waals surface area contributed by atoms with Gasteiger partial charge in [-0.25, -0.2) is 0 Å². The van der Waals surface area contributed by atoms with Gasteiger partial charge in [-0.2, -0.15) is 0 Å². The molecule has 1 heterocycles. The van der Waals surface area contributed by atoms with E-state index in [1.807, 2.05) is 0 Å². The predicted molar refractivity (Wildman–Crippen MR) is 55.9 cm³/mol. The van der Waals surface area contributed by atoms with Gasteiger partial charge in [-0.05, 0) is 38.3 Å². The van der Waals surface area contributed by atoms with Crippen LogP contribution >= 0.6 is 0 Å². The van der Waals surface area contributed by atoms with Crippen molar-refractivity contribution in [2.75, 3.05) is 0 Å². The SMILES string of the molecule is Cc1ccc(C)n1CCC1CCC1. The molecule has 0 aliphatic heterocycles. The molecule has 0 atom stereocenters. The first kappa shape index (κ1) is 8.86. The lowest BCUT2D eigenvalue weighted by molar-refractivity contribution is 0.281. The summed E-state index contributed by atoms with van der Waals surface area (Å²) in [7, 11) is 0. The quantitative estimate of drug-likeness (QED) is 0.667. The molecule has 1 aliphatic rings. The highest BCUT2D eigenvalue weighted by molar-refractivity contribution is 5.13. The standard InChI is InChI=1S/C12H19N/c1-10-6-7-11(2)13(10)9-8-12-4-3-5-12/h6-7,12H,3-5,8-9H2,1-2H3. The van der Waals surface area contributed by atoms with Crippen molar-refractivity contribution in [3.8, 4) is 0 Å². The third kappa shape index (κ3) is 1.79. The largest absolute Gasteiger partial charge is 0.349 e. The van der Waals surface area contributed by atoms with Crippen molar-refractivity contribution < 1.29 is 0 Å². The number of hydrogen-bond acceptors (Lipinski definition) is 0. The van der Waals surface area contributed by atoms with Crippen LogP contribution in [-0.2, 0) is 6.54 Å². The molecule has 13 heavy (non-hydrogen) atoms. The van der Waals surface area contributed by atoms with Crippen LogP contribution in [-0.4, -0.2) is 4.57 Å². The normalized spacial score (nSPS) is 17.4. The Morgan fingerprint density at radius 3 is 2.31 bits per heavy atom. The van der Waals surface area contributed by atoms with Crippen molar-refractivity contribution in [3.63, 3.8) is 0 Å². The first-order valence-corrected chi connectivity index (χ1v) is 5.40. The second kappa shape index (κ2) is 3.57. The smallest absolute Gasteiger partial charge is 0.0227 e. The second-order valence-corrected chi connectivity index (χ2v) is 4.35. The highest BCUT2D eigenvalue weighted by atomic mass is 15.0. The topological polar surface area (TPSA) is 4.93 Å². The number of rotatable bonds is 3. The maximum Gasteiger partial charge on any atom is 0.0227 e. The number of aromatic nitrogens is 1. The Hall–Kier alpha value is -0.720. The Labute approximate surface area is 80.8 Å². The lowest BCUT2D eigenvalue weighted by Gasteiger charge is -2.25. The van der Waals surface area contributed by atoms with Crippen LogP contribution in [0.3, 0.4) is 0 Å². The Morgan fingerprint density at radius 1 is 1.23 bits per heavy atom. The van der Waals surface area contributed by atoms with Crippen LogP contribution < -0.4 is 0 Å². The van der Waals surface area contributed by atoms with E-state index >= 15 is 0 Å². The summed E-state index contributed by atoms with van der Waals surface area (Å²) in [6.07, 6.45) is 5.80. The van der Waals surface area contributed by atoms with Crippen molar-refractivity contribution in [3.05, 3.63) is 23.5 Å².